The number of anilines is 1. The van der Waals surface area contributed by atoms with Gasteiger partial charge in [-0.05, 0) is 35.9 Å². The number of para-hydroxylation sites is 1. The highest BCUT2D eigenvalue weighted by atomic mass is 79.9. The fourth-order valence-corrected chi connectivity index (χ4v) is 2.50. The summed E-state index contributed by atoms with van der Waals surface area (Å²) in [6.45, 7) is 0. The van der Waals surface area contributed by atoms with Crippen LogP contribution in [0.4, 0.5) is 5.69 Å². The van der Waals surface area contributed by atoms with Gasteiger partial charge in [0, 0.05) is 4.47 Å². The van der Waals surface area contributed by atoms with Crippen LogP contribution in [-0.4, -0.2) is 11.8 Å². The van der Waals surface area contributed by atoms with Gasteiger partial charge in [-0.1, -0.05) is 46.3 Å². The first-order valence-corrected chi connectivity index (χ1v) is 7.12. The Balaban J connectivity index is 1.94. The number of carbonyl (C=O) groups excluding carboxylic acids is 2. The lowest BCUT2D eigenvalue weighted by Crippen LogP contribution is -2.35. The van der Waals surface area contributed by atoms with Crippen LogP contribution in [0.2, 0.25) is 0 Å². The fourth-order valence-electron chi connectivity index (χ4n) is 2.08. The minimum absolute atomic E-state index is 0.122. The van der Waals surface area contributed by atoms with Crippen LogP contribution < -0.4 is 10.4 Å². The average molecular weight is 343 g/mol. The first-order chi connectivity index (χ1) is 10.1. The predicted octanol–water partition coefficient (Wildman–Crippen LogP) is 2.91. The third-order valence-electron chi connectivity index (χ3n) is 3.07. The number of nitrogens with zero attached hydrogens (tertiary/aromatic N) is 1. The number of hydrogen-bond acceptors (Lipinski definition) is 2. The Labute approximate surface area is 130 Å². The molecule has 0 saturated carbocycles. The van der Waals surface area contributed by atoms with Crippen molar-refractivity contribution in [3.8, 4) is 0 Å². The molecule has 1 heterocycles. The van der Waals surface area contributed by atoms with E-state index >= 15 is 0 Å². The maximum absolute atomic E-state index is 12.4. The van der Waals surface area contributed by atoms with E-state index in [0.717, 1.165) is 10.0 Å². The van der Waals surface area contributed by atoms with Crippen molar-refractivity contribution in [1.82, 2.24) is 5.43 Å². The summed E-state index contributed by atoms with van der Waals surface area (Å²) in [5, 5.41) is 1.26. The molecule has 0 atom stereocenters. The second-order valence-electron chi connectivity index (χ2n) is 4.53. The second kappa shape index (κ2) is 5.54. The third kappa shape index (κ3) is 2.73. The van der Waals surface area contributed by atoms with Gasteiger partial charge in [0.1, 0.15) is 5.57 Å². The van der Waals surface area contributed by atoms with Crippen molar-refractivity contribution in [1.29, 1.82) is 0 Å². The molecule has 4 nitrogen and oxygen atoms in total. The van der Waals surface area contributed by atoms with Gasteiger partial charge in [-0.3, -0.25) is 15.0 Å². The van der Waals surface area contributed by atoms with E-state index in [1.807, 2.05) is 42.5 Å². The lowest BCUT2D eigenvalue weighted by molar-refractivity contribution is -0.117. The normalized spacial score (nSPS) is 16.4. The number of hydrazine groups is 1. The number of rotatable bonds is 2. The minimum atomic E-state index is -0.399. The molecule has 1 aliphatic heterocycles. The number of nitrogens with one attached hydrogen (secondary N) is 1. The maximum Gasteiger partial charge on any atom is 0.282 e. The van der Waals surface area contributed by atoms with Crippen LogP contribution in [-0.2, 0) is 9.59 Å². The van der Waals surface area contributed by atoms with Crippen LogP contribution >= 0.6 is 15.9 Å². The van der Waals surface area contributed by atoms with Crippen molar-refractivity contribution >= 4 is 39.5 Å². The summed E-state index contributed by atoms with van der Waals surface area (Å²) in [6.07, 6.45) is 1.59. The van der Waals surface area contributed by atoms with E-state index in [-0.39, 0.29) is 11.5 Å². The molecule has 0 aromatic heterocycles. The van der Waals surface area contributed by atoms with Gasteiger partial charge >= 0.3 is 0 Å². The van der Waals surface area contributed by atoms with Crippen LogP contribution in [0.3, 0.4) is 0 Å². The highest BCUT2D eigenvalue weighted by Gasteiger charge is 2.34. The van der Waals surface area contributed by atoms with Gasteiger partial charge in [0.15, 0.2) is 0 Å². The maximum atomic E-state index is 12.4. The summed E-state index contributed by atoms with van der Waals surface area (Å²) in [4.78, 5) is 24.4. The second-order valence-corrected chi connectivity index (χ2v) is 5.45. The minimum Gasteiger partial charge on any atom is -0.267 e. The molecule has 1 fully saturated rings. The Morgan fingerprint density at radius 2 is 1.76 bits per heavy atom. The molecule has 0 bridgehead atoms. The topological polar surface area (TPSA) is 49.4 Å². The Morgan fingerprint density at radius 1 is 1.00 bits per heavy atom. The molecule has 1 saturated heterocycles. The quantitative estimate of drug-likeness (QED) is 0.673. The summed E-state index contributed by atoms with van der Waals surface area (Å²) in [5.41, 5.74) is 4.11. The number of carbonyl (C=O) groups is 2. The lowest BCUT2D eigenvalue weighted by Gasteiger charge is -2.13. The summed E-state index contributed by atoms with van der Waals surface area (Å²) >= 11 is 3.37. The number of halogens is 1. The number of amides is 2. The van der Waals surface area contributed by atoms with E-state index in [0.29, 0.717) is 5.69 Å². The number of benzene rings is 2. The molecule has 3 rings (SSSR count). The van der Waals surface area contributed by atoms with E-state index in [1.54, 1.807) is 18.2 Å². The van der Waals surface area contributed by atoms with E-state index in [4.69, 9.17) is 0 Å². The first-order valence-electron chi connectivity index (χ1n) is 6.33. The molecule has 2 aromatic rings. The number of hydrogen-bond donors (Lipinski definition) is 1. The van der Waals surface area contributed by atoms with Crippen molar-refractivity contribution in [3.05, 3.63) is 70.2 Å². The predicted molar refractivity (Wildman–Crippen MR) is 84.2 cm³/mol. The smallest absolute Gasteiger partial charge is 0.267 e. The largest absolute Gasteiger partial charge is 0.282 e. The van der Waals surface area contributed by atoms with Crippen LogP contribution in [0.25, 0.3) is 6.08 Å². The molecule has 104 valence electrons. The van der Waals surface area contributed by atoms with Gasteiger partial charge in [-0.15, -0.1) is 0 Å². The van der Waals surface area contributed by atoms with E-state index in [1.165, 1.54) is 5.01 Å². The average Bonchev–Trinajstić information content (AvgIpc) is 2.76. The first kappa shape index (κ1) is 13.6. The van der Waals surface area contributed by atoms with E-state index in [9.17, 15) is 9.59 Å². The molecule has 2 aromatic carbocycles. The molecule has 5 heteroatoms. The van der Waals surface area contributed by atoms with E-state index < -0.39 is 5.91 Å². The monoisotopic (exact) mass is 342 g/mol. The molecule has 21 heavy (non-hydrogen) atoms. The lowest BCUT2D eigenvalue weighted by atomic mass is 10.1. The van der Waals surface area contributed by atoms with Crippen LogP contribution in [0, 0.1) is 0 Å². The zero-order valence-corrected chi connectivity index (χ0v) is 12.5. The SMILES string of the molecule is O=C1NN(c2ccccc2)C(=O)/C1=C/c1cccc(Br)c1. The van der Waals surface area contributed by atoms with E-state index in [2.05, 4.69) is 21.4 Å². The Hall–Kier alpha value is -2.40. The van der Waals surface area contributed by atoms with Crippen molar-refractivity contribution < 1.29 is 9.59 Å². The summed E-state index contributed by atoms with van der Waals surface area (Å²) < 4.78 is 0.891. The van der Waals surface area contributed by atoms with Gasteiger partial charge in [0.25, 0.3) is 11.8 Å². The summed E-state index contributed by atoms with van der Waals surface area (Å²) in [5.74, 6) is -0.755. The highest BCUT2D eigenvalue weighted by Crippen LogP contribution is 2.22. The third-order valence-corrected chi connectivity index (χ3v) is 3.56. The molecule has 0 radical (unpaired) electrons. The Morgan fingerprint density at radius 3 is 2.48 bits per heavy atom. The van der Waals surface area contributed by atoms with Gasteiger partial charge < -0.3 is 0 Å². The molecule has 1 N–H and O–H groups in total. The standard InChI is InChI=1S/C16H11BrN2O2/c17-12-6-4-5-11(9-12)10-14-15(20)18-19(16(14)21)13-7-2-1-3-8-13/h1-10H,(H,18,20)/b14-10+. The van der Waals surface area contributed by atoms with Gasteiger partial charge in [0.2, 0.25) is 0 Å². The van der Waals surface area contributed by atoms with Crippen LogP contribution in [0.1, 0.15) is 5.56 Å². The summed E-state index contributed by atoms with van der Waals surface area (Å²) in [6, 6.07) is 16.4. The van der Waals surface area contributed by atoms with Crippen LogP contribution in [0.15, 0.2) is 64.6 Å². The molecule has 2 amide bonds. The summed E-state index contributed by atoms with van der Waals surface area (Å²) in [7, 11) is 0. The van der Waals surface area contributed by atoms with Crippen molar-refractivity contribution in [2.75, 3.05) is 5.01 Å². The fraction of sp³-hybridized carbons (Fsp3) is 0. The van der Waals surface area contributed by atoms with Crippen LogP contribution in [0.5, 0.6) is 0 Å². The molecule has 0 spiro atoms. The molecular formula is C16H11BrN2O2. The molecule has 1 aliphatic rings. The van der Waals surface area contributed by atoms with Gasteiger partial charge in [0.05, 0.1) is 5.69 Å². The van der Waals surface area contributed by atoms with Crippen molar-refractivity contribution in [3.63, 3.8) is 0 Å². The molecular weight excluding hydrogens is 332 g/mol. The van der Waals surface area contributed by atoms with Gasteiger partial charge in [-0.25, -0.2) is 5.01 Å². The molecule has 0 aliphatic carbocycles. The zero-order valence-electron chi connectivity index (χ0n) is 10.9. The van der Waals surface area contributed by atoms with Gasteiger partial charge in [-0.2, -0.15) is 0 Å². The Kier molecular flexibility index (Phi) is 3.58. The zero-order chi connectivity index (χ0) is 14.8. The molecule has 0 unspecified atom stereocenters. The van der Waals surface area contributed by atoms with Crippen molar-refractivity contribution in [2.45, 2.75) is 0 Å². The van der Waals surface area contributed by atoms with Crippen molar-refractivity contribution in [2.24, 2.45) is 0 Å². The Bertz CT molecular complexity index is 741. The highest BCUT2D eigenvalue weighted by molar-refractivity contribution is 9.10.